The van der Waals surface area contributed by atoms with Gasteiger partial charge >= 0.3 is 0 Å². The third kappa shape index (κ3) is 5.06. The van der Waals surface area contributed by atoms with Gasteiger partial charge in [0.2, 0.25) is 10.0 Å². The first-order chi connectivity index (χ1) is 15.9. The summed E-state index contributed by atoms with van der Waals surface area (Å²) >= 11 is 1.23. The van der Waals surface area contributed by atoms with Crippen molar-refractivity contribution >= 4 is 27.3 Å². The number of thiazole rings is 1. The maximum absolute atomic E-state index is 14.0. The lowest BCUT2D eigenvalue weighted by Gasteiger charge is -2.26. The lowest BCUT2D eigenvalue weighted by Crippen LogP contribution is -2.40. The van der Waals surface area contributed by atoms with Crippen LogP contribution in [0.15, 0.2) is 63.9 Å². The molecule has 1 aliphatic heterocycles. The van der Waals surface area contributed by atoms with Crippen LogP contribution >= 0.6 is 11.3 Å². The van der Waals surface area contributed by atoms with Gasteiger partial charge in [-0.25, -0.2) is 12.8 Å². The molecule has 1 amide bonds. The average molecular weight is 492 g/mol. The zero-order valence-electron chi connectivity index (χ0n) is 17.8. The topological polar surface area (TPSA) is 90.2 Å². The van der Waals surface area contributed by atoms with Gasteiger partial charge in [-0.15, -0.1) is 11.3 Å². The Labute approximate surface area is 194 Å². The summed E-state index contributed by atoms with van der Waals surface area (Å²) in [4.78, 5) is 17.4. The Hall–Kier alpha value is -2.86. The number of aromatic nitrogens is 1. The summed E-state index contributed by atoms with van der Waals surface area (Å²) in [5.41, 5.74) is 0.571. The molecular weight excluding hydrogens is 469 g/mol. The van der Waals surface area contributed by atoms with Crippen molar-refractivity contribution < 1.29 is 27.1 Å². The number of carbonyl (C=O) groups excluding carboxylic acids is 1. The number of hydrogen-bond acceptors (Lipinski definition) is 6. The van der Waals surface area contributed by atoms with Crippen molar-refractivity contribution in [2.75, 3.05) is 33.4 Å². The summed E-state index contributed by atoms with van der Waals surface area (Å²) in [5.74, 6) is -0.814. The predicted molar refractivity (Wildman–Crippen MR) is 120 cm³/mol. The van der Waals surface area contributed by atoms with E-state index in [2.05, 4.69) is 4.99 Å². The van der Waals surface area contributed by atoms with E-state index >= 15 is 0 Å². The molecule has 0 N–H and O–H groups in total. The highest BCUT2D eigenvalue weighted by Crippen LogP contribution is 2.28. The van der Waals surface area contributed by atoms with Crippen molar-refractivity contribution in [2.45, 2.75) is 11.4 Å². The Balaban J connectivity index is 1.66. The molecule has 33 heavy (non-hydrogen) atoms. The van der Waals surface area contributed by atoms with E-state index in [0.29, 0.717) is 23.6 Å². The molecule has 8 nitrogen and oxygen atoms in total. The molecule has 1 aliphatic rings. The fourth-order valence-corrected chi connectivity index (χ4v) is 5.72. The molecule has 0 atom stereocenters. The van der Waals surface area contributed by atoms with Crippen molar-refractivity contribution in [1.82, 2.24) is 8.87 Å². The molecule has 0 radical (unpaired) electrons. The SMILES string of the molecule is COc1ccc(C(=O)N=c2sccn2Cc2ccccc2F)cc1S(=O)(=O)N1CCOCC1. The number of sulfonamides is 1. The number of ether oxygens (including phenoxy) is 2. The van der Waals surface area contributed by atoms with Crippen LogP contribution in [0.2, 0.25) is 0 Å². The van der Waals surface area contributed by atoms with Crippen LogP contribution in [-0.4, -0.2) is 56.6 Å². The average Bonchev–Trinajstić information content (AvgIpc) is 3.27. The summed E-state index contributed by atoms with van der Waals surface area (Å²) in [5, 5.41) is 1.75. The largest absolute Gasteiger partial charge is 0.495 e. The van der Waals surface area contributed by atoms with E-state index in [1.807, 2.05) is 0 Å². The summed E-state index contributed by atoms with van der Waals surface area (Å²) < 4.78 is 53.8. The zero-order chi connectivity index (χ0) is 23.4. The molecule has 0 unspecified atom stereocenters. The second-order valence-electron chi connectivity index (χ2n) is 7.20. The number of nitrogens with zero attached hydrogens (tertiary/aromatic N) is 3. The Kier molecular flexibility index (Phi) is 7.03. The fraction of sp³-hybridized carbons (Fsp3) is 0.273. The molecule has 0 saturated carbocycles. The fourth-order valence-electron chi connectivity index (χ4n) is 3.41. The number of carbonyl (C=O) groups is 1. The molecule has 2 heterocycles. The second kappa shape index (κ2) is 9.96. The maximum Gasteiger partial charge on any atom is 0.279 e. The normalized spacial score (nSPS) is 15.5. The zero-order valence-corrected chi connectivity index (χ0v) is 19.4. The Bertz CT molecular complexity index is 1330. The number of benzene rings is 2. The van der Waals surface area contributed by atoms with Crippen molar-refractivity contribution in [1.29, 1.82) is 0 Å². The van der Waals surface area contributed by atoms with Gasteiger partial charge in [-0.2, -0.15) is 9.30 Å². The van der Waals surface area contributed by atoms with Crippen LogP contribution in [0.5, 0.6) is 5.75 Å². The standard InChI is InChI=1S/C22H22FN3O5S2/c1-30-19-7-6-16(14-20(19)33(28,29)26-8-11-31-12-9-26)21(27)24-22-25(10-13-32-22)15-17-4-2-3-5-18(17)23/h2-7,10,13-14H,8-9,11-12,15H2,1H3. The van der Waals surface area contributed by atoms with E-state index in [-0.39, 0.29) is 41.7 Å². The van der Waals surface area contributed by atoms with E-state index in [9.17, 15) is 17.6 Å². The van der Waals surface area contributed by atoms with Crippen LogP contribution < -0.4 is 9.54 Å². The molecule has 0 bridgehead atoms. The van der Waals surface area contributed by atoms with Crippen LogP contribution in [0.3, 0.4) is 0 Å². The minimum absolute atomic E-state index is 0.0987. The number of morpholine rings is 1. The van der Waals surface area contributed by atoms with Crippen LogP contribution in [-0.2, 0) is 21.3 Å². The summed E-state index contributed by atoms with van der Waals surface area (Å²) in [6, 6.07) is 10.6. The minimum Gasteiger partial charge on any atom is -0.495 e. The van der Waals surface area contributed by atoms with Crippen molar-refractivity contribution in [3.05, 3.63) is 75.8 Å². The molecular formula is C22H22FN3O5S2. The van der Waals surface area contributed by atoms with Crippen LogP contribution in [0.25, 0.3) is 0 Å². The van der Waals surface area contributed by atoms with Crippen LogP contribution in [0, 0.1) is 5.82 Å². The summed E-state index contributed by atoms with van der Waals surface area (Å²) in [7, 11) is -2.51. The van der Waals surface area contributed by atoms with E-state index < -0.39 is 15.9 Å². The molecule has 2 aromatic carbocycles. The Morgan fingerprint density at radius 3 is 2.70 bits per heavy atom. The number of halogens is 1. The lowest BCUT2D eigenvalue weighted by atomic mass is 10.2. The van der Waals surface area contributed by atoms with Gasteiger partial charge in [0, 0.05) is 35.8 Å². The molecule has 1 fully saturated rings. The molecule has 1 aromatic heterocycles. The first-order valence-corrected chi connectivity index (χ1v) is 12.4. The van der Waals surface area contributed by atoms with E-state index in [1.165, 1.54) is 47.0 Å². The van der Waals surface area contributed by atoms with Gasteiger partial charge in [-0.1, -0.05) is 18.2 Å². The predicted octanol–water partition coefficient (Wildman–Crippen LogP) is 2.51. The highest BCUT2D eigenvalue weighted by atomic mass is 32.2. The number of methoxy groups -OCH3 is 1. The lowest BCUT2D eigenvalue weighted by molar-refractivity contribution is 0.0729. The van der Waals surface area contributed by atoms with Gasteiger partial charge in [-0.05, 0) is 24.3 Å². The molecule has 174 valence electrons. The summed E-state index contributed by atoms with van der Waals surface area (Å²) in [6.07, 6.45) is 1.71. The number of amides is 1. The number of hydrogen-bond donors (Lipinski definition) is 0. The monoisotopic (exact) mass is 491 g/mol. The molecule has 11 heteroatoms. The summed E-state index contributed by atoms with van der Waals surface area (Å²) in [6.45, 7) is 1.26. The molecule has 3 aromatic rings. The maximum atomic E-state index is 14.0. The van der Waals surface area contributed by atoms with Gasteiger partial charge in [0.1, 0.15) is 16.5 Å². The van der Waals surface area contributed by atoms with Crippen molar-refractivity contribution in [3.63, 3.8) is 0 Å². The second-order valence-corrected chi connectivity index (χ2v) is 9.98. The van der Waals surface area contributed by atoms with E-state index in [4.69, 9.17) is 9.47 Å². The van der Waals surface area contributed by atoms with Crippen molar-refractivity contribution in [3.8, 4) is 5.75 Å². The quantitative estimate of drug-likeness (QED) is 0.529. The Morgan fingerprint density at radius 2 is 1.97 bits per heavy atom. The molecule has 0 aliphatic carbocycles. The van der Waals surface area contributed by atoms with Gasteiger partial charge in [-0.3, -0.25) is 4.79 Å². The first-order valence-electron chi connectivity index (χ1n) is 10.1. The van der Waals surface area contributed by atoms with Gasteiger partial charge in [0.15, 0.2) is 4.80 Å². The third-order valence-electron chi connectivity index (χ3n) is 5.15. The third-order valence-corrected chi connectivity index (χ3v) is 7.87. The molecule has 1 saturated heterocycles. The van der Waals surface area contributed by atoms with E-state index in [0.717, 1.165) is 0 Å². The van der Waals surface area contributed by atoms with Gasteiger partial charge in [0.25, 0.3) is 5.91 Å². The molecule has 4 rings (SSSR count). The van der Waals surface area contributed by atoms with E-state index in [1.54, 1.807) is 34.3 Å². The minimum atomic E-state index is -3.89. The first kappa shape index (κ1) is 23.3. The number of rotatable bonds is 6. The highest BCUT2D eigenvalue weighted by Gasteiger charge is 2.30. The van der Waals surface area contributed by atoms with Crippen molar-refractivity contribution in [2.24, 2.45) is 4.99 Å². The Morgan fingerprint density at radius 1 is 1.21 bits per heavy atom. The smallest absolute Gasteiger partial charge is 0.279 e. The van der Waals surface area contributed by atoms with Crippen LogP contribution in [0.1, 0.15) is 15.9 Å². The van der Waals surface area contributed by atoms with Gasteiger partial charge in [0.05, 0.1) is 26.9 Å². The molecule has 0 spiro atoms. The van der Waals surface area contributed by atoms with Crippen LogP contribution in [0.4, 0.5) is 4.39 Å². The highest BCUT2D eigenvalue weighted by molar-refractivity contribution is 7.89. The van der Waals surface area contributed by atoms with Gasteiger partial charge < -0.3 is 14.0 Å².